The van der Waals surface area contributed by atoms with E-state index in [9.17, 15) is 0 Å². The van der Waals surface area contributed by atoms with Crippen LogP contribution in [0.2, 0.25) is 0 Å². The van der Waals surface area contributed by atoms with Gasteiger partial charge < -0.3 is 9.55 Å². The number of aromatic nitrogens is 2. The average Bonchev–Trinajstić information content (AvgIpc) is 3.75. The SMILES string of the molecule is Cn1c2ccccc2c2cccc(-c3cccc4c(-c5ccccc5-c5ccccc5)c5cccc(-c6cccc7c6[nH]c6ccccc67)c5cc34)c21. The van der Waals surface area contributed by atoms with Crippen LogP contribution in [0.25, 0.3) is 110 Å². The fourth-order valence-corrected chi connectivity index (χ4v) is 9.05. The highest BCUT2D eigenvalue weighted by Crippen LogP contribution is 2.47. The molecule has 0 saturated carbocycles. The molecule has 0 unspecified atom stereocenters. The third kappa shape index (κ3) is 4.39. The van der Waals surface area contributed by atoms with Crippen molar-refractivity contribution in [2.75, 3.05) is 0 Å². The van der Waals surface area contributed by atoms with Crippen LogP contribution in [-0.4, -0.2) is 9.55 Å². The van der Waals surface area contributed by atoms with Gasteiger partial charge in [-0.1, -0.05) is 164 Å². The molecule has 0 spiro atoms. The maximum Gasteiger partial charge on any atom is 0.0568 e. The van der Waals surface area contributed by atoms with Gasteiger partial charge in [-0.25, -0.2) is 0 Å². The summed E-state index contributed by atoms with van der Waals surface area (Å²) < 4.78 is 2.37. The van der Waals surface area contributed by atoms with Crippen molar-refractivity contribution in [3.63, 3.8) is 0 Å². The van der Waals surface area contributed by atoms with Crippen molar-refractivity contribution in [1.29, 1.82) is 0 Å². The number of hydrogen-bond acceptors (Lipinski definition) is 0. The van der Waals surface area contributed by atoms with Crippen LogP contribution in [0.15, 0.2) is 182 Å². The van der Waals surface area contributed by atoms with Crippen molar-refractivity contribution in [2.45, 2.75) is 0 Å². The molecule has 9 aromatic carbocycles. The van der Waals surface area contributed by atoms with E-state index in [-0.39, 0.29) is 0 Å². The minimum absolute atomic E-state index is 1.16. The second-order valence-electron chi connectivity index (χ2n) is 14.1. The van der Waals surface area contributed by atoms with E-state index >= 15 is 0 Å². The Morgan fingerprint density at radius 1 is 0.358 bits per heavy atom. The summed E-state index contributed by atoms with van der Waals surface area (Å²) in [7, 11) is 2.20. The summed E-state index contributed by atoms with van der Waals surface area (Å²) in [5, 5.41) is 10.0. The first-order valence-corrected chi connectivity index (χ1v) is 18.3. The Morgan fingerprint density at radius 2 is 0.887 bits per heavy atom. The van der Waals surface area contributed by atoms with E-state index in [0.29, 0.717) is 0 Å². The first-order valence-electron chi connectivity index (χ1n) is 18.3. The lowest BCUT2D eigenvalue weighted by Gasteiger charge is -2.20. The highest BCUT2D eigenvalue weighted by atomic mass is 14.9. The van der Waals surface area contributed by atoms with Crippen molar-refractivity contribution < 1.29 is 0 Å². The topological polar surface area (TPSA) is 20.7 Å². The Kier molecular flexibility index (Phi) is 6.50. The van der Waals surface area contributed by atoms with E-state index in [1.54, 1.807) is 0 Å². The molecule has 2 aromatic heterocycles. The first-order chi connectivity index (χ1) is 26.2. The molecular weight excluding hydrogens is 641 g/mol. The number of H-pyrrole nitrogens is 1. The van der Waals surface area contributed by atoms with Gasteiger partial charge >= 0.3 is 0 Å². The molecule has 0 atom stereocenters. The molecule has 0 radical (unpaired) electrons. The summed E-state index contributed by atoms with van der Waals surface area (Å²) in [6.45, 7) is 0. The van der Waals surface area contributed by atoms with Crippen LogP contribution in [0.5, 0.6) is 0 Å². The molecule has 0 saturated heterocycles. The molecule has 0 bridgehead atoms. The number of nitrogens with zero attached hydrogens (tertiary/aromatic N) is 1. The fourth-order valence-electron chi connectivity index (χ4n) is 9.05. The molecule has 0 amide bonds. The Balaban J connectivity index is 1.30. The fraction of sp³-hybridized carbons (Fsp3) is 0.0196. The Bertz CT molecular complexity index is 3230. The van der Waals surface area contributed by atoms with E-state index < -0.39 is 0 Å². The number of hydrogen-bond donors (Lipinski definition) is 1. The molecule has 248 valence electrons. The molecule has 2 heterocycles. The van der Waals surface area contributed by atoms with E-state index in [1.165, 1.54) is 104 Å². The zero-order valence-corrected chi connectivity index (χ0v) is 29.3. The molecule has 0 aliphatic carbocycles. The van der Waals surface area contributed by atoms with Crippen LogP contribution in [-0.2, 0) is 7.05 Å². The zero-order chi connectivity index (χ0) is 35.0. The molecule has 1 N–H and O–H groups in total. The van der Waals surface area contributed by atoms with Crippen molar-refractivity contribution in [3.05, 3.63) is 182 Å². The van der Waals surface area contributed by atoms with Crippen LogP contribution in [0, 0.1) is 0 Å². The van der Waals surface area contributed by atoms with Gasteiger partial charge in [-0.3, -0.25) is 0 Å². The third-order valence-corrected chi connectivity index (χ3v) is 11.4. The number of rotatable bonds is 4. The highest BCUT2D eigenvalue weighted by molar-refractivity contribution is 6.23. The van der Waals surface area contributed by atoms with Crippen molar-refractivity contribution in [3.8, 4) is 44.5 Å². The average molecular weight is 675 g/mol. The number of aryl methyl sites for hydroxylation is 1. The van der Waals surface area contributed by atoms with Gasteiger partial charge in [0.2, 0.25) is 0 Å². The number of benzene rings is 9. The van der Waals surface area contributed by atoms with E-state index in [0.717, 1.165) is 5.52 Å². The molecule has 53 heavy (non-hydrogen) atoms. The lowest BCUT2D eigenvalue weighted by Crippen LogP contribution is -1.94. The lowest BCUT2D eigenvalue weighted by atomic mass is 9.84. The summed E-state index contributed by atoms with van der Waals surface area (Å²) in [4.78, 5) is 3.80. The summed E-state index contributed by atoms with van der Waals surface area (Å²) in [6, 6.07) is 66.8. The van der Waals surface area contributed by atoms with E-state index in [4.69, 9.17) is 0 Å². The number of fused-ring (bicyclic) bond motifs is 8. The van der Waals surface area contributed by atoms with E-state index in [2.05, 4.69) is 199 Å². The van der Waals surface area contributed by atoms with Gasteiger partial charge in [0.25, 0.3) is 0 Å². The van der Waals surface area contributed by atoms with Crippen molar-refractivity contribution in [2.24, 2.45) is 7.05 Å². The minimum atomic E-state index is 1.16. The molecular formula is C51H34N2. The number of para-hydroxylation sites is 4. The van der Waals surface area contributed by atoms with Crippen LogP contribution in [0.3, 0.4) is 0 Å². The zero-order valence-electron chi connectivity index (χ0n) is 29.3. The maximum atomic E-state index is 3.80. The standard InChI is InChI=1S/C51H34N2/c1-53-48-30-10-8-19-37(48)44-28-14-27-43(51(44)53)35-22-12-24-40-46(35)31-45-34(41-25-13-26-42-36-18-7-9-29-47(36)52-50(41)42)21-11-23-39(45)49(40)38-20-6-5-17-33(38)32-15-3-2-4-16-32/h2-31,52H,1H3. The number of aromatic amines is 1. The van der Waals surface area contributed by atoms with Gasteiger partial charge in [-0.15, -0.1) is 0 Å². The summed E-state index contributed by atoms with van der Waals surface area (Å²) >= 11 is 0. The third-order valence-electron chi connectivity index (χ3n) is 11.4. The largest absolute Gasteiger partial charge is 0.354 e. The molecule has 0 aliphatic rings. The highest BCUT2D eigenvalue weighted by Gasteiger charge is 2.21. The van der Waals surface area contributed by atoms with Gasteiger partial charge in [0, 0.05) is 50.8 Å². The molecule has 2 heteroatoms. The Morgan fingerprint density at radius 3 is 1.66 bits per heavy atom. The van der Waals surface area contributed by atoms with Crippen molar-refractivity contribution in [1.82, 2.24) is 9.55 Å². The molecule has 2 nitrogen and oxygen atoms in total. The second-order valence-corrected chi connectivity index (χ2v) is 14.1. The quantitative estimate of drug-likeness (QED) is 0.179. The minimum Gasteiger partial charge on any atom is -0.354 e. The summed E-state index contributed by atoms with van der Waals surface area (Å²) in [5.74, 6) is 0. The van der Waals surface area contributed by atoms with Gasteiger partial charge in [-0.2, -0.15) is 0 Å². The molecule has 11 aromatic rings. The Hall–Kier alpha value is -6.90. The normalized spacial score (nSPS) is 11.9. The second kappa shape index (κ2) is 11.6. The van der Waals surface area contributed by atoms with Crippen LogP contribution in [0.4, 0.5) is 0 Å². The summed E-state index contributed by atoms with van der Waals surface area (Å²) in [5.41, 5.74) is 14.7. The lowest BCUT2D eigenvalue weighted by molar-refractivity contribution is 1.02. The monoisotopic (exact) mass is 674 g/mol. The smallest absolute Gasteiger partial charge is 0.0568 e. The van der Waals surface area contributed by atoms with Crippen LogP contribution < -0.4 is 0 Å². The molecule has 11 rings (SSSR count). The number of nitrogens with one attached hydrogen (secondary N) is 1. The van der Waals surface area contributed by atoms with Gasteiger partial charge in [0.15, 0.2) is 0 Å². The summed E-state index contributed by atoms with van der Waals surface area (Å²) in [6.07, 6.45) is 0. The van der Waals surface area contributed by atoms with E-state index in [1.807, 2.05) is 0 Å². The van der Waals surface area contributed by atoms with Gasteiger partial charge in [0.05, 0.1) is 11.0 Å². The molecule has 0 fully saturated rings. The first kappa shape index (κ1) is 29.8. The predicted octanol–water partition coefficient (Wildman–Crippen LogP) is 13.9. The van der Waals surface area contributed by atoms with Crippen LogP contribution >= 0.6 is 0 Å². The molecule has 0 aliphatic heterocycles. The van der Waals surface area contributed by atoms with Crippen molar-refractivity contribution >= 4 is 65.2 Å². The van der Waals surface area contributed by atoms with Gasteiger partial charge in [0.1, 0.15) is 0 Å². The van der Waals surface area contributed by atoms with Crippen LogP contribution in [0.1, 0.15) is 0 Å². The Labute approximate surface area is 307 Å². The predicted molar refractivity (Wildman–Crippen MR) is 227 cm³/mol. The maximum absolute atomic E-state index is 3.80. The van der Waals surface area contributed by atoms with Gasteiger partial charge in [-0.05, 0) is 73.1 Å².